The second-order valence-electron chi connectivity index (χ2n) is 5.90. The van der Waals surface area contributed by atoms with E-state index in [0.717, 1.165) is 10.5 Å². The lowest BCUT2D eigenvalue weighted by atomic mass is 9.96. The smallest absolute Gasteiger partial charge is 0.413 e. The Morgan fingerprint density at radius 1 is 1.29 bits per heavy atom. The summed E-state index contributed by atoms with van der Waals surface area (Å²) in [5, 5.41) is 13.1. The summed E-state index contributed by atoms with van der Waals surface area (Å²) in [6.07, 6.45) is -0.705. The fourth-order valence-corrected chi connectivity index (χ4v) is 2.07. The lowest BCUT2D eigenvalue weighted by molar-refractivity contribution is -0.137. The molecule has 1 atom stereocenters. The molecule has 1 aliphatic rings. The van der Waals surface area contributed by atoms with Crippen molar-refractivity contribution in [2.24, 2.45) is 0 Å². The Labute approximate surface area is 123 Å². The van der Waals surface area contributed by atoms with E-state index in [-0.39, 0.29) is 6.54 Å². The molecule has 1 heterocycles. The van der Waals surface area contributed by atoms with Crippen molar-refractivity contribution in [3.63, 3.8) is 0 Å². The van der Waals surface area contributed by atoms with Gasteiger partial charge in [-0.2, -0.15) is 0 Å². The second kappa shape index (κ2) is 5.04. The molecule has 0 unspecified atom stereocenters. The van der Waals surface area contributed by atoms with E-state index < -0.39 is 23.3 Å². The summed E-state index contributed by atoms with van der Waals surface area (Å²) >= 11 is 0. The number of benzene rings is 1. The first kappa shape index (κ1) is 15.3. The molecule has 1 fully saturated rings. The molecular weight excluding hydrogens is 272 g/mol. The van der Waals surface area contributed by atoms with Crippen LogP contribution in [0.1, 0.15) is 26.3 Å². The van der Waals surface area contributed by atoms with Crippen LogP contribution in [0.2, 0.25) is 0 Å². The molecule has 0 bridgehead atoms. The highest BCUT2D eigenvalue weighted by atomic mass is 16.6. The number of nitrogens with one attached hydrogen (secondary N) is 1. The van der Waals surface area contributed by atoms with Gasteiger partial charge in [0.15, 0.2) is 11.3 Å². The molecule has 1 aromatic rings. The number of hydrogen-bond donors (Lipinski definition) is 2. The van der Waals surface area contributed by atoms with Gasteiger partial charge < -0.3 is 15.2 Å². The molecule has 0 saturated carbocycles. The lowest BCUT2D eigenvalue weighted by Crippen LogP contribution is -2.55. The van der Waals surface area contributed by atoms with Crippen LogP contribution < -0.4 is 5.32 Å². The fourth-order valence-electron chi connectivity index (χ4n) is 2.07. The van der Waals surface area contributed by atoms with E-state index in [1.165, 1.54) is 6.92 Å². The highest BCUT2D eigenvalue weighted by molar-refractivity contribution is 5.94. The molecule has 21 heavy (non-hydrogen) atoms. The SMILES string of the molecule is Cc1ccc(NC(=O)CN2C(=O)OC(C)(C)[C@]2(C)O)cc1. The third-order valence-corrected chi connectivity index (χ3v) is 3.87. The van der Waals surface area contributed by atoms with E-state index in [1.54, 1.807) is 26.0 Å². The van der Waals surface area contributed by atoms with Crippen LogP contribution in [-0.2, 0) is 9.53 Å². The van der Waals surface area contributed by atoms with Gasteiger partial charge in [0.2, 0.25) is 5.91 Å². The number of ether oxygens (including phenoxy) is 1. The Balaban J connectivity index is 2.06. The number of amides is 2. The van der Waals surface area contributed by atoms with Gasteiger partial charge in [-0.1, -0.05) is 17.7 Å². The summed E-state index contributed by atoms with van der Waals surface area (Å²) in [4.78, 5) is 24.9. The average molecular weight is 292 g/mol. The minimum absolute atomic E-state index is 0.275. The minimum atomic E-state index is -1.55. The van der Waals surface area contributed by atoms with Crippen molar-refractivity contribution in [3.05, 3.63) is 29.8 Å². The van der Waals surface area contributed by atoms with Crippen LogP contribution in [0.4, 0.5) is 10.5 Å². The van der Waals surface area contributed by atoms with Gasteiger partial charge in [-0.3, -0.25) is 9.69 Å². The van der Waals surface area contributed by atoms with Gasteiger partial charge in [-0.05, 0) is 39.8 Å². The van der Waals surface area contributed by atoms with E-state index in [1.807, 2.05) is 19.1 Å². The van der Waals surface area contributed by atoms with Crippen LogP contribution in [0.5, 0.6) is 0 Å². The zero-order valence-corrected chi connectivity index (χ0v) is 12.6. The molecule has 2 amide bonds. The summed E-state index contributed by atoms with van der Waals surface area (Å²) in [5.74, 6) is -0.395. The molecular formula is C15H20N2O4. The zero-order valence-electron chi connectivity index (χ0n) is 12.6. The number of cyclic esters (lactones) is 1. The predicted octanol–water partition coefficient (Wildman–Crippen LogP) is 1.87. The van der Waals surface area contributed by atoms with Gasteiger partial charge in [0, 0.05) is 5.69 Å². The molecule has 1 aliphatic heterocycles. The van der Waals surface area contributed by atoms with Gasteiger partial charge in [0.25, 0.3) is 0 Å². The third-order valence-electron chi connectivity index (χ3n) is 3.87. The van der Waals surface area contributed by atoms with E-state index in [4.69, 9.17) is 4.74 Å². The zero-order chi connectivity index (χ0) is 15.8. The van der Waals surface area contributed by atoms with Crippen LogP contribution in [0, 0.1) is 6.92 Å². The number of carbonyl (C=O) groups excluding carboxylic acids is 2. The van der Waals surface area contributed by atoms with Crippen LogP contribution >= 0.6 is 0 Å². The molecule has 114 valence electrons. The monoisotopic (exact) mass is 292 g/mol. The van der Waals surface area contributed by atoms with E-state index in [9.17, 15) is 14.7 Å². The number of aryl methyl sites for hydroxylation is 1. The Bertz CT molecular complexity index is 564. The predicted molar refractivity (Wildman–Crippen MR) is 77.7 cm³/mol. The Morgan fingerprint density at radius 3 is 2.33 bits per heavy atom. The van der Waals surface area contributed by atoms with E-state index in [0.29, 0.717) is 5.69 Å². The first-order valence-electron chi connectivity index (χ1n) is 6.73. The van der Waals surface area contributed by atoms with Crippen LogP contribution in [0.25, 0.3) is 0 Å². The number of carbonyl (C=O) groups is 2. The molecule has 0 spiro atoms. The minimum Gasteiger partial charge on any atom is -0.438 e. The van der Waals surface area contributed by atoms with Crippen LogP contribution in [0.3, 0.4) is 0 Å². The highest BCUT2D eigenvalue weighted by Crippen LogP contribution is 2.36. The van der Waals surface area contributed by atoms with Crippen molar-refractivity contribution in [1.82, 2.24) is 4.90 Å². The normalized spacial score (nSPS) is 23.9. The van der Waals surface area contributed by atoms with Gasteiger partial charge in [0.1, 0.15) is 6.54 Å². The summed E-state index contributed by atoms with van der Waals surface area (Å²) in [6.45, 7) is 6.33. The second-order valence-corrected chi connectivity index (χ2v) is 5.90. The lowest BCUT2D eigenvalue weighted by Gasteiger charge is -2.34. The quantitative estimate of drug-likeness (QED) is 0.891. The molecule has 2 N–H and O–H groups in total. The fraction of sp³-hybridized carbons (Fsp3) is 0.467. The van der Waals surface area contributed by atoms with Crippen LogP contribution in [-0.4, -0.2) is 39.9 Å². The summed E-state index contributed by atoms with van der Waals surface area (Å²) in [7, 11) is 0. The standard InChI is InChI=1S/C15H20N2O4/c1-10-5-7-11(8-6-10)16-12(18)9-17-13(19)21-14(2,3)15(17,4)20/h5-8,20H,9H2,1-4H3,(H,16,18)/t15-/m0/s1. The maximum atomic E-state index is 12.0. The number of anilines is 1. The molecule has 2 rings (SSSR count). The van der Waals surface area contributed by atoms with Crippen molar-refractivity contribution in [1.29, 1.82) is 0 Å². The van der Waals surface area contributed by atoms with Gasteiger partial charge >= 0.3 is 6.09 Å². The number of aliphatic hydroxyl groups is 1. The summed E-state index contributed by atoms with van der Waals surface area (Å²) < 4.78 is 5.10. The molecule has 1 aromatic carbocycles. The maximum absolute atomic E-state index is 12.0. The van der Waals surface area contributed by atoms with Crippen LogP contribution in [0.15, 0.2) is 24.3 Å². The highest BCUT2D eigenvalue weighted by Gasteiger charge is 2.56. The molecule has 1 saturated heterocycles. The maximum Gasteiger partial charge on any atom is 0.413 e. The largest absolute Gasteiger partial charge is 0.438 e. The Hall–Kier alpha value is -2.08. The number of rotatable bonds is 3. The van der Waals surface area contributed by atoms with Crippen molar-refractivity contribution in [3.8, 4) is 0 Å². The van der Waals surface area contributed by atoms with Crippen molar-refractivity contribution in [2.75, 3.05) is 11.9 Å². The first-order chi connectivity index (χ1) is 9.63. The molecule has 6 heteroatoms. The Morgan fingerprint density at radius 2 is 1.86 bits per heavy atom. The number of nitrogens with zero attached hydrogens (tertiary/aromatic N) is 1. The van der Waals surface area contributed by atoms with Crippen molar-refractivity contribution < 1.29 is 19.4 Å². The molecule has 0 aliphatic carbocycles. The summed E-state index contributed by atoms with van der Waals surface area (Å²) in [6, 6.07) is 7.30. The summed E-state index contributed by atoms with van der Waals surface area (Å²) in [5.41, 5.74) is -0.902. The number of hydrogen-bond acceptors (Lipinski definition) is 4. The first-order valence-corrected chi connectivity index (χ1v) is 6.73. The van der Waals surface area contributed by atoms with Crippen molar-refractivity contribution in [2.45, 2.75) is 39.0 Å². The molecule has 0 radical (unpaired) electrons. The van der Waals surface area contributed by atoms with E-state index >= 15 is 0 Å². The van der Waals surface area contributed by atoms with Gasteiger partial charge in [-0.15, -0.1) is 0 Å². The Kier molecular flexibility index (Phi) is 3.67. The molecule has 0 aromatic heterocycles. The average Bonchev–Trinajstić information content (AvgIpc) is 2.51. The topological polar surface area (TPSA) is 78.9 Å². The van der Waals surface area contributed by atoms with Gasteiger partial charge in [-0.25, -0.2) is 4.79 Å². The third kappa shape index (κ3) is 2.85. The molecule has 6 nitrogen and oxygen atoms in total. The van der Waals surface area contributed by atoms with Crippen molar-refractivity contribution >= 4 is 17.7 Å². The van der Waals surface area contributed by atoms with E-state index in [2.05, 4.69) is 5.32 Å². The van der Waals surface area contributed by atoms with Gasteiger partial charge in [0.05, 0.1) is 0 Å².